The van der Waals surface area contributed by atoms with Gasteiger partial charge >= 0.3 is 0 Å². The third kappa shape index (κ3) is 5.11. The van der Waals surface area contributed by atoms with E-state index in [1.54, 1.807) is 12.4 Å². The molecule has 3 aromatic rings. The molecule has 2 bridgehead atoms. The number of benzene rings is 1. The van der Waals surface area contributed by atoms with E-state index in [1.165, 1.54) is 0 Å². The van der Waals surface area contributed by atoms with E-state index in [0.29, 0.717) is 49.0 Å². The van der Waals surface area contributed by atoms with Gasteiger partial charge in [-0.25, -0.2) is 9.97 Å². The molecule has 0 radical (unpaired) electrons. The van der Waals surface area contributed by atoms with E-state index >= 15 is 0 Å². The number of aromatic nitrogens is 3. The Morgan fingerprint density at radius 3 is 2.91 bits per heavy atom. The molecule has 1 aromatic carbocycles. The van der Waals surface area contributed by atoms with Crippen molar-refractivity contribution in [3.8, 4) is 5.75 Å². The molecule has 0 aliphatic carbocycles. The van der Waals surface area contributed by atoms with Gasteiger partial charge in [0.15, 0.2) is 5.65 Å². The molecule has 8 nitrogen and oxygen atoms in total. The minimum absolute atomic E-state index is 0.0437. The lowest BCUT2D eigenvalue weighted by atomic mass is 10.1. The summed E-state index contributed by atoms with van der Waals surface area (Å²) in [6.45, 7) is 10.8. The average molecular weight is 454 g/mol. The van der Waals surface area contributed by atoms with E-state index in [9.17, 15) is 4.79 Å². The molecule has 3 heterocycles. The lowest BCUT2D eigenvalue weighted by Gasteiger charge is -2.18. The lowest BCUT2D eigenvalue weighted by molar-refractivity contribution is 0.0891. The van der Waals surface area contributed by atoms with Crippen molar-refractivity contribution in [2.24, 2.45) is 0 Å². The largest absolute Gasteiger partial charge is 0.491 e. The number of ether oxygens (including phenoxy) is 2. The monoisotopic (exact) mass is 453 g/mol. The highest BCUT2D eigenvalue weighted by molar-refractivity contribution is 6.76. The number of fused-ring (bicyclic) bond motifs is 2. The zero-order chi connectivity index (χ0) is 22.7. The molecule has 0 spiro atoms. The van der Waals surface area contributed by atoms with Gasteiger partial charge < -0.3 is 24.7 Å². The van der Waals surface area contributed by atoms with E-state index in [-0.39, 0.29) is 11.9 Å². The Labute approximate surface area is 189 Å². The van der Waals surface area contributed by atoms with Crippen LogP contribution in [0.15, 0.2) is 36.7 Å². The van der Waals surface area contributed by atoms with E-state index < -0.39 is 8.07 Å². The number of hydrogen-bond donors (Lipinski definition) is 2. The maximum absolute atomic E-state index is 12.9. The summed E-state index contributed by atoms with van der Waals surface area (Å²) in [4.78, 5) is 22.3. The smallest absolute Gasteiger partial charge is 0.255 e. The molecule has 1 aliphatic heterocycles. The summed E-state index contributed by atoms with van der Waals surface area (Å²) < 4.78 is 13.7. The molecule has 9 heteroatoms. The van der Waals surface area contributed by atoms with E-state index in [2.05, 4.69) is 42.2 Å². The normalized spacial score (nSPS) is 16.9. The number of para-hydroxylation sites is 1. The van der Waals surface area contributed by atoms with E-state index in [1.807, 2.05) is 28.8 Å². The van der Waals surface area contributed by atoms with Crippen LogP contribution >= 0.6 is 0 Å². The molecular weight excluding hydrogens is 422 g/mol. The van der Waals surface area contributed by atoms with Gasteiger partial charge in [-0.15, -0.1) is 0 Å². The van der Waals surface area contributed by atoms with Gasteiger partial charge in [-0.2, -0.15) is 0 Å². The molecule has 1 amide bonds. The van der Waals surface area contributed by atoms with Crippen LogP contribution in [0.2, 0.25) is 25.7 Å². The molecule has 1 aliphatic rings. The van der Waals surface area contributed by atoms with Crippen LogP contribution in [-0.4, -0.2) is 48.3 Å². The summed E-state index contributed by atoms with van der Waals surface area (Å²) in [6.07, 6.45) is 3.47. The molecule has 170 valence electrons. The molecule has 32 heavy (non-hydrogen) atoms. The Balaban J connectivity index is 1.64. The summed E-state index contributed by atoms with van der Waals surface area (Å²) in [5, 5.41) is 6.32. The number of hydrogen-bond acceptors (Lipinski definition) is 6. The van der Waals surface area contributed by atoms with Gasteiger partial charge in [0.25, 0.3) is 5.91 Å². The minimum atomic E-state index is -1.17. The molecule has 0 fully saturated rings. The highest BCUT2D eigenvalue weighted by Crippen LogP contribution is 2.28. The number of anilines is 1. The van der Waals surface area contributed by atoms with Crippen molar-refractivity contribution >= 4 is 31.0 Å². The van der Waals surface area contributed by atoms with Crippen LogP contribution in [0.3, 0.4) is 0 Å². The minimum Gasteiger partial charge on any atom is -0.491 e. The molecule has 2 N–H and O–H groups in total. The lowest BCUT2D eigenvalue weighted by Crippen LogP contribution is -2.28. The summed E-state index contributed by atoms with van der Waals surface area (Å²) in [7, 11) is -1.17. The van der Waals surface area contributed by atoms with E-state index in [0.717, 1.165) is 17.4 Å². The van der Waals surface area contributed by atoms with E-state index in [4.69, 9.17) is 14.5 Å². The zero-order valence-electron chi connectivity index (χ0n) is 19.1. The SMILES string of the molecule is CC1Nc2cnc3c(n2)c(cn3COCC[Si](C)(C)C)C(=O)NCCOc2ccccc21. The van der Waals surface area contributed by atoms with Crippen LogP contribution in [0.1, 0.15) is 28.9 Å². The number of nitrogens with one attached hydrogen (secondary N) is 2. The Morgan fingerprint density at radius 2 is 2.09 bits per heavy atom. The fourth-order valence-corrected chi connectivity index (χ4v) is 4.37. The van der Waals surface area contributed by atoms with Crippen molar-refractivity contribution < 1.29 is 14.3 Å². The van der Waals surface area contributed by atoms with Crippen molar-refractivity contribution in [1.29, 1.82) is 0 Å². The number of carbonyl (C=O) groups excluding carboxylic acids is 1. The first-order chi connectivity index (χ1) is 15.3. The first kappa shape index (κ1) is 22.3. The number of amides is 1. The van der Waals surface area contributed by atoms with Crippen LogP contribution < -0.4 is 15.4 Å². The highest BCUT2D eigenvalue weighted by atomic mass is 28.3. The third-order valence-corrected chi connectivity index (χ3v) is 7.14. The van der Waals surface area contributed by atoms with Crippen molar-refractivity contribution in [3.63, 3.8) is 0 Å². The fourth-order valence-electron chi connectivity index (χ4n) is 3.62. The molecule has 0 saturated heterocycles. The quantitative estimate of drug-likeness (QED) is 0.448. The van der Waals surface area contributed by atoms with Crippen molar-refractivity contribution in [1.82, 2.24) is 19.9 Å². The maximum atomic E-state index is 12.9. The predicted molar refractivity (Wildman–Crippen MR) is 128 cm³/mol. The third-order valence-electron chi connectivity index (χ3n) is 5.43. The molecule has 1 unspecified atom stereocenters. The number of nitrogens with zero attached hydrogens (tertiary/aromatic N) is 3. The summed E-state index contributed by atoms with van der Waals surface area (Å²) in [5.74, 6) is 1.19. The first-order valence-electron chi connectivity index (χ1n) is 11.0. The second-order valence-electron chi connectivity index (χ2n) is 9.30. The average Bonchev–Trinajstić information content (AvgIpc) is 3.11. The second kappa shape index (κ2) is 9.29. The number of rotatable bonds is 5. The molecular formula is C23H31N5O3Si. The van der Waals surface area contributed by atoms with Crippen LogP contribution in [0.4, 0.5) is 5.82 Å². The maximum Gasteiger partial charge on any atom is 0.255 e. The van der Waals surface area contributed by atoms with Crippen molar-refractivity contribution in [3.05, 3.63) is 47.8 Å². The summed E-state index contributed by atoms with van der Waals surface area (Å²) in [6, 6.07) is 8.92. The molecule has 1 atom stereocenters. The molecule has 2 aromatic heterocycles. The Hall–Kier alpha value is -2.91. The highest BCUT2D eigenvalue weighted by Gasteiger charge is 2.20. The Kier molecular flexibility index (Phi) is 6.47. The van der Waals surface area contributed by atoms with Crippen LogP contribution in [-0.2, 0) is 11.5 Å². The predicted octanol–water partition coefficient (Wildman–Crippen LogP) is 4.04. The topological polar surface area (TPSA) is 90.3 Å². The second-order valence-corrected chi connectivity index (χ2v) is 14.9. The van der Waals surface area contributed by atoms with Crippen molar-refractivity contribution in [2.75, 3.05) is 25.1 Å². The molecule has 4 rings (SSSR count). The van der Waals surface area contributed by atoms with Crippen molar-refractivity contribution in [2.45, 2.75) is 45.4 Å². The van der Waals surface area contributed by atoms with Gasteiger partial charge in [-0.1, -0.05) is 37.8 Å². The Bertz CT molecular complexity index is 1110. The fraction of sp³-hybridized carbons (Fsp3) is 0.435. The Morgan fingerprint density at radius 1 is 1.28 bits per heavy atom. The first-order valence-corrected chi connectivity index (χ1v) is 14.7. The summed E-state index contributed by atoms with van der Waals surface area (Å²) >= 11 is 0. The number of carbonyl (C=O) groups is 1. The van der Waals surface area contributed by atoms with Gasteiger partial charge in [-0.05, 0) is 19.0 Å². The van der Waals surface area contributed by atoms with Gasteiger partial charge in [0, 0.05) is 26.4 Å². The van der Waals surface area contributed by atoms with Crippen LogP contribution in [0.5, 0.6) is 5.75 Å². The van der Waals surface area contributed by atoms with Gasteiger partial charge in [0.2, 0.25) is 0 Å². The standard InChI is InChI=1S/C23H31N5O3Si/c1-16-17-7-5-6-8-19(17)31-10-9-24-23(29)18-14-28(15-30-11-12-32(2,3)4)22-21(18)27-20(26-16)13-25-22/h5-8,13-14,16H,9-12,15H2,1-4H3,(H,24,29)(H,26,27). The summed E-state index contributed by atoms with van der Waals surface area (Å²) in [5.41, 5.74) is 2.69. The molecule has 0 saturated carbocycles. The van der Waals surface area contributed by atoms with Crippen LogP contribution in [0, 0.1) is 0 Å². The van der Waals surface area contributed by atoms with Gasteiger partial charge in [0.05, 0.1) is 24.3 Å². The van der Waals surface area contributed by atoms with Gasteiger partial charge in [0.1, 0.15) is 30.4 Å². The van der Waals surface area contributed by atoms with Gasteiger partial charge in [-0.3, -0.25) is 4.79 Å². The van der Waals surface area contributed by atoms with Crippen LogP contribution in [0.25, 0.3) is 11.2 Å². The zero-order valence-corrected chi connectivity index (χ0v) is 20.1.